The first kappa shape index (κ1) is 11.1. The molecule has 3 heteroatoms. The quantitative estimate of drug-likeness (QED) is 0.693. The van der Waals surface area contributed by atoms with E-state index in [1.54, 1.807) is 0 Å². The molecule has 0 aliphatic rings. The van der Waals surface area contributed by atoms with Gasteiger partial charge in [-0.15, -0.1) is 0 Å². The van der Waals surface area contributed by atoms with E-state index in [2.05, 4.69) is 21.2 Å². The van der Waals surface area contributed by atoms with E-state index in [9.17, 15) is 4.79 Å². The van der Waals surface area contributed by atoms with Crippen LogP contribution in [0.4, 0.5) is 0 Å². The molecule has 0 rings (SSSR count). The molecule has 1 N–H and O–H groups in total. The Bertz CT molecular complexity index is 115. The summed E-state index contributed by atoms with van der Waals surface area (Å²) in [5.74, 6) is 0.304. The Hall–Kier alpha value is 0.110. The van der Waals surface area contributed by atoms with Crippen molar-refractivity contribution in [3.8, 4) is 0 Å². The van der Waals surface area contributed by atoms with Gasteiger partial charge in [0, 0.05) is 17.8 Å². The molecule has 0 amide bonds. The van der Waals surface area contributed by atoms with Crippen LogP contribution in [0.15, 0.2) is 0 Å². The van der Waals surface area contributed by atoms with Gasteiger partial charge in [0.05, 0.1) is 6.54 Å². The largest absolute Gasteiger partial charge is 0.308 e. The highest BCUT2D eigenvalue weighted by Gasteiger charge is 2.00. The van der Waals surface area contributed by atoms with Crippen LogP contribution in [0.3, 0.4) is 0 Å². The molecule has 0 atom stereocenters. The third-order valence-corrected chi connectivity index (χ3v) is 1.86. The molecule has 0 aromatic carbocycles. The van der Waals surface area contributed by atoms with Gasteiger partial charge in [0.1, 0.15) is 5.78 Å². The van der Waals surface area contributed by atoms with Gasteiger partial charge >= 0.3 is 0 Å². The molecule has 0 saturated carbocycles. The number of halogens is 1. The zero-order valence-corrected chi connectivity index (χ0v) is 8.78. The van der Waals surface area contributed by atoms with Crippen molar-refractivity contribution in [1.29, 1.82) is 0 Å². The molecule has 2 nitrogen and oxygen atoms in total. The number of hydrogen-bond acceptors (Lipinski definition) is 2. The predicted octanol–water partition coefficient (Wildman–Crippen LogP) is 1.73. The minimum Gasteiger partial charge on any atom is -0.308 e. The number of ketones is 1. The van der Waals surface area contributed by atoms with E-state index in [1.807, 2.05) is 13.8 Å². The van der Waals surface area contributed by atoms with Crippen molar-refractivity contribution in [2.75, 3.05) is 11.9 Å². The van der Waals surface area contributed by atoms with Gasteiger partial charge in [-0.2, -0.15) is 0 Å². The van der Waals surface area contributed by atoms with Crippen LogP contribution in [0, 0.1) is 0 Å². The van der Waals surface area contributed by atoms with E-state index < -0.39 is 0 Å². The van der Waals surface area contributed by atoms with Gasteiger partial charge in [-0.3, -0.25) is 4.79 Å². The Morgan fingerprint density at radius 2 is 2.18 bits per heavy atom. The molecule has 66 valence electrons. The fraction of sp³-hybridized carbons (Fsp3) is 0.875. The number of Topliss-reactive ketones (excluding diaryl/α,β-unsaturated/α-hetero) is 1. The zero-order valence-electron chi connectivity index (χ0n) is 7.19. The van der Waals surface area contributed by atoms with Gasteiger partial charge in [-0.1, -0.05) is 29.8 Å². The summed E-state index contributed by atoms with van der Waals surface area (Å²) in [6.45, 7) is 4.60. The van der Waals surface area contributed by atoms with E-state index in [0.29, 0.717) is 24.8 Å². The second-order valence-corrected chi connectivity index (χ2v) is 3.66. The highest BCUT2D eigenvalue weighted by Crippen LogP contribution is 1.94. The van der Waals surface area contributed by atoms with Crippen molar-refractivity contribution in [2.24, 2.45) is 0 Å². The summed E-state index contributed by atoms with van der Waals surface area (Å²) in [5, 5.41) is 4.01. The van der Waals surface area contributed by atoms with Gasteiger partial charge < -0.3 is 5.32 Å². The second kappa shape index (κ2) is 6.80. The molecule has 0 aromatic heterocycles. The average Bonchev–Trinajstić information content (AvgIpc) is 1.97. The summed E-state index contributed by atoms with van der Waals surface area (Å²) in [6, 6.07) is 0.405. The summed E-state index contributed by atoms with van der Waals surface area (Å²) >= 11 is 3.29. The molecule has 0 saturated heterocycles. The number of carbonyl (C=O) groups excluding carboxylic acids is 1. The number of hydrogen-bond donors (Lipinski definition) is 1. The van der Waals surface area contributed by atoms with E-state index in [-0.39, 0.29) is 0 Å². The fourth-order valence-corrected chi connectivity index (χ4v) is 0.951. The molecule has 0 bridgehead atoms. The van der Waals surface area contributed by atoms with Crippen LogP contribution in [0.1, 0.15) is 26.7 Å². The molecule has 0 aliphatic carbocycles. The van der Waals surface area contributed by atoms with Crippen LogP contribution in [-0.2, 0) is 4.79 Å². The van der Waals surface area contributed by atoms with Gasteiger partial charge in [-0.05, 0) is 6.42 Å². The van der Waals surface area contributed by atoms with Gasteiger partial charge in [0.2, 0.25) is 0 Å². The van der Waals surface area contributed by atoms with Crippen molar-refractivity contribution in [2.45, 2.75) is 32.7 Å². The topological polar surface area (TPSA) is 29.1 Å². The number of rotatable bonds is 6. The maximum Gasteiger partial charge on any atom is 0.146 e. The van der Waals surface area contributed by atoms with Crippen molar-refractivity contribution < 1.29 is 4.79 Å². The molecular formula is C8H16BrNO. The lowest BCUT2D eigenvalue weighted by atomic mass is 10.2. The summed E-state index contributed by atoms with van der Waals surface area (Å²) in [7, 11) is 0. The van der Waals surface area contributed by atoms with E-state index >= 15 is 0 Å². The van der Waals surface area contributed by atoms with E-state index in [0.717, 1.165) is 11.8 Å². The molecule has 11 heavy (non-hydrogen) atoms. The third kappa shape index (κ3) is 8.01. The monoisotopic (exact) mass is 221 g/mol. The lowest BCUT2D eigenvalue weighted by Crippen LogP contribution is -2.29. The molecule has 0 radical (unpaired) electrons. The van der Waals surface area contributed by atoms with Crippen LogP contribution in [0.5, 0.6) is 0 Å². The van der Waals surface area contributed by atoms with Crippen molar-refractivity contribution in [3.63, 3.8) is 0 Å². The predicted molar refractivity (Wildman–Crippen MR) is 51.2 cm³/mol. The summed E-state index contributed by atoms with van der Waals surface area (Å²) in [4.78, 5) is 11.0. The Kier molecular flexibility index (Phi) is 6.87. The van der Waals surface area contributed by atoms with E-state index in [1.165, 1.54) is 0 Å². The van der Waals surface area contributed by atoms with Gasteiger partial charge in [-0.25, -0.2) is 0 Å². The molecule has 0 heterocycles. The molecule has 0 unspecified atom stereocenters. The first-order valence-corrected chi connectivity index (χ1v) is 5.10. The molecule has 0 aromatic rings. The van der Waals surface area contributed by atoms with Crippen molar-refractivity contribution in [1.82, 2.24) is 5.32 Å². The lowest BCUT2D eigenvalue weighted by Gasteiger charge is -2.05. The number of carbonyl (C=O) groups is 1. The van der Waals surface area contributed by atoms with Gasteiger partial charge in [0.15, 0.2) is 0 Å². The fourth-order valence-electron chi connectivity index (χ4n) is 0.670. The molecule has 0 aliphatic heterocycles. The highest BCUT2D eigenvalue weighted by molar-refractivity contribution is 9.09. The normalized spacial score (nSPS) is 10.5. The summed E-state index contributed by atoms with van der Waals surface area (Å²) in [6.07, 6.45) is 1.63. The van der Waals surface area contributed by atoms with Crippen molar-refractivity contribution in [3.05, 3.63) is 0 Å². The first-order chi connectivity index (χ1) is 5.16. The van der Waals surface area contributed by atoms with Crippen LogP contribution in [0.25, 0.3) is 0 Å². The smallest absolute Gasteiger partial charge is 0.146 e. The van der Waals surface area contributed by atoms with Crippen LogP contribution in [-0.4, -0.2) is 23.7 Å². The third-order valence-electron chi connectivity index (χ3n) is 1.30. The van der Waals surface area contributed by atoms with E-state index in [4.69, 9.17) is 0 Å². The Labute approximate surface area is 76.9 Å². The number of nitrogens with one attached hydrogen (secondary N) is 1. The maximum atomic E-state index is 11.0. The second-order valence-electron chi connectivity index (χ2n) is 2.87. The first-order valence-electron chi connectivity index (χ1n) is 3.98. The lowest BCUT2D eigenvalue weighted by molar-refractivity contribution is -0.118. The summed E-state index contributed by atoms with van der Waals surface area (Å²) in [5.41, 5.74) is 0. The summed E-state index contributed by atoms with van der Waals surface area (Å²) < 4.78 is 0. The Balaban J connectivity index is 3.23. The molecular weight excluding hydrogens is 206 g/mol. The Morgan fingerprint density at radius 3 is 2.64 bits per heavy atom. The maximum absolute atomic E-state index is 11.0. The van der Waals surface area contributed by atoms with Crippen LogP contribution < -0.4 is 5.32 Å². The highest BCUT2D eigenvalue weighted by atomic mass is 79.9. The zero-order chi connectivity index (χ0) is 8.69. The minimum absolute atomic E-state index is 0.304. The minimum atomic E-state index is 0.304. The number of alkyl halides is 1. The standard InChI is InChI=1S/C8H16BrNO/c1-7(2)10-6-8(11)4-3-5-9/h7,10H,3-6H2,1-2H3. The molecule has 0 spiro atoms. The van der Waals surface area contributed by atoms with Crippen LogP contribution >= 0.6 is 15.9 Å². The molecule has 0 fully saturated rings. The van der Waals surface area contributed by atoms with Crippen molar-refractivity contribution >= 4 is 21.7 Å². The SMILES string of the molecule is CC(C)NCC(=O)CCCBr. The average molecular weight is 222 g/mol. The van der Waals surface area contributed by atoms with Gasteiger partial charge in [0.25, 0.3) is 0 Å². The van der Waals surface area contributed by atoms with Crippen LogP contribution in [0.2, 0.25) is 0 Å². The Morgan fingerprint density at radius 1 is 1.55 bits per heavy atom.